The lowest BCUT2D eigenvalue weighted by molar-refractivity contribution is 0.0987. The molecule has 1 unspecified atom stereocenters. The van der Waals surface area contributed by atoms with Crippen molar-refractivity contribution in [1.29, 1.82) is 0 Å². The van der Waals surface area contributed by atoms with Crippen molar-refractivity contribution in [2.45, 2.75) is 18.9 Å². The first-order valence-electron chi connectivity index (χ1n) is 14.9. The number of rotatable bonds is 10. The molecule has 0 aliphatic heterocycles. The highest BCUT2D eigenvalue weighted by Crippen LogP contribution is 2.26. The molecule has 6 nitrogen and oxygen atoms in total. The van der Waals surface area contributed by atoms with Crippen LogP contribution in [0.5, 0.6) is 23.0 Å². The van der Waals surface area contributed by atoms with Gasteiger partial charge in [0.25, 0.3) is 0 Å². The van der Waals surface area contributed by atoms with Gasteiger partial charge in [-0.1, -0.05) is 58.5 Å². The summed E-state index contributed by atoms with van der Waals surface area (Å²) < 4.78 is 38.8. The fraction of sp³-hybridized carbons (Fsp3) is 0.0789. The predicted octanol–water partition coefficient (Wildman–Crippen LogP) is 11.3. The molecule has 0 aliphatic rings. The maximum atomic E-state index is 13.8. The molecule has 0 aliphatic carbocycles. The quantitative estimate of drug-likeness (QED) is 0.140. The van der Waals surface area contributed by atoms with Gasteiger partial charge >= 0.3 is 0 Å². The molecule has 6 rings (SSSR count). The van der Waals surface area contributed by atoms with E-state index in [1.807, 2.05) is 0 Å². The maximum Gasteiger partial charge on any atom is 0.185 e. The zero-order valence-electron chi connectivity index (χ0n) is 25.9. The Hall–Kier alpha value is -4.57. The van der Waals surface area contributed by atoms with E-state index in [0.29, 0.717) is 49.3 Å². The Balaban J connectivity index is 0.000000194. The van der Waals surface area contributed by atoms with Gasteiger partial charge in [0.2, 0.25) is 0 Å². The molecule has 1 N–H and O–H groups in total. The Bertz CT molecular complexity index is 2050. The van der Waals surface area contributed by atoms with Crippen molar-refractivity contribution < 1.29 is 28.2 Å². The number of pyridine rings is 2. The second-order valence-corrected chi connectivity index (χ2v) is 12.4. The number of aliphatic hydroxyl groups excluding tert-OH is 1. The number of hydrogen-bond acceptors (Lipinski definition) is 6. The van der Waals surface area contributed by atoms with Gasteiger partial charge in [-0.25, -0.2) is 13.8 Å². The lowest BCUT2D eigenvalue weighted by Crippen LogP contribution is -2.07. The van der Waals surface area contributed by atoms with Gasteiger partial charge in [0.1, 0.15) is 46.4 Å². The van der Waals surface area contributed by atoms with Crippen LogP contribution in [0.2, 0.25) is 20.1 Å². The number of ketones is 1. The molecule has 0 bridgehead atoms. The number of halogens is 6. The molecule has 0 amide bonds. The summed E-state index contributed by atoms with van der Waals surface area (Å²) in [4.78, 5) is 20.5. The Kier molecular flexibility index (Phi) is 12.8. The number of carbonyl (C=O) groups is 1. The monoisotopic (exact) mass is 752 g/mol. The fourth-order valence-electron chi connectivity index (χ4n) is 4.46. The number of ether oxygens (including phenoxy) is 2. The van der Waals surface area contributed by atoms with Crippen molar-refractivity contribution in [3.8, 4) is 23.0 Å². The number of benzene rings is 4. The minimum atomic E-state index is -0.930. The average Bonchev–Trinajstić information content (AvgIpc) is 3.10. The molecule has 0 spiro atoms. The summed E-state index contributed by atoms with van der Waals surface area (Å²) in [5.74, 6) is 0.987. The van der Waals surface area contributed by atoms with Gasteiger partial charge in [-0.2, -0.15) is 0 Å². The first-order chi connectivity index (χ1) is 24.0. The van der Waals surface area contributed by atoms with E-state index in [1.54, 1.807) is 91.0 Å². The van der Waals surface area contributed by atoms with Gasteiger partial charge in [-0.05, 0) is 108 Å². The number of carbonyl (C=O) groups excluding carboxylic acids is 1. The van der Waals surface area contributed by atoms with E-state index in [4.69, 9.17) is 55.9 Å². The van der Waals surface area contributed by atoms with Gasteiger partial charge in [0, 0.05) is 32.9 Å². The minimum absolute atomic E-state index is 0.0899. The molecule has 12 heteroatoms. The molecule has 254 valence electrons. The van der Waals surface area contributed by atoms with Crippen LogP contribution in [0.15, 0.2) is 122 Å². The molecule has 6 aromatic rings. The number of aliphatic hydroxyl groups is 1. The summed E-state index contributed by atoms with van der Waals surface area (Å²) in [6.45, 7) is 0. The Morgan fingerprint density at radius 1 is 0.600 bits per heavy atom. The first kappa shape index (κ1) is 36.7. The Morgan fingerprint density at radius 3 is 1.52 bits per heavy atom. The zero-order valence-corrected chi connectivity index (χ0v) is 28.9. The highest BCUT2D eigenvalue weighted by molar-refractivity contribution is 6.31. The van der Waals surface area contributed by atoms with E-state index < -0.39 is 17.7 Å². The molecule has 50 heavy (non-hydrogen) atoms. The van der Waals surface area contributed by atoms with Crippen molar-refractivity contribution in [3.05, 3.63) is 176 Å². The summed E-state index contributed by atoms with van der Waals surface area (Å²) in [6.07, 6.45) is 2.03. The summed E-state index contributed by atoms with van der Waals surface area (Å²) in [5.41, 5.74) is 1.31. The standard InChI is InChI=1S/C19H14Cl2FNO2.C19H12Cl2FNO2/c2*20-13-3-5-15(6-4-13)25-16-7-8-18(23-11-16)19(24)9-12-1-2-14(21)10-17(12)22/h1-8,10-11,19,24H,9H2;1-8,10-11H,9H2. The molecular weight excluding hydrogens is 728 g/mol. The molecule has 0 fully saturated rings. The highest BCUT2D eigenvalue weighted by atomic mass is 35.5. The third-order valence-corrected chi connectivity index (χ3v) is 7.99. The van der Waals surface area contributed by atoms with E-state index in [9.17, 15) is 18.7 Å². The Morgan fingerprint density at radius 2 is 1.06 bits per heavy atom. The van der Waals surface area contributed by atoms with Crippen molar-refractivity contribution >= 4 is 52.2 Å². The van der Waals surface area contributed by atoms with Crippen LogP contribution in [0.25, 0.3) is 0 Å². The number of hydrogen-bond donors (Lipinski definition) is 1. The van der Waals surface area contributed by atoms with E-state index in [0.717, 1.165) is 0 Å². The summed E-state index contributed by atoms with van der Waals surface area (Å²) in [5, 5.41) is 12.1. The predicted molar refractivity (Wildman–Crippen MR) is 191 cm³/mol. The van der Waals surface area contributed by atoms with Gasteiger partial charge in [-0.15, -0.1) is 0 Å². The van der Waals surface area contributed by atoms with Crippen LogP contribution >= 0.6 is 46.4 Å². The van der Waals surface area contributed by atoms with Crippen LogP contribution in [0.1, 0.15) is 33.4 Å². The number of aromatic nitrogens is 2. The van der Waals surface area contributed by atoms with Crippen LogP contribution in [-0.2, 0) is 12.8 Å². The third-order valence-electron chi connectivity index (χ3n) is 7.02. The van der Waals surface area contributed by atoms with Crippen LogP contribution in [0.3, 0.4) is 0 Å². The summed E-state index contributed by atoms with van der Waals surface area (Å²) in [6, 6.07) is 28.9. The molecular formula is C38H26Cl4F2N2O4. The molecule has 1 atom stereocenters. The third kappa shape index (κ3) is 10.7. The normalized spacial score (nSPS) is 11.3. The molecule has 0 saturated heterocycles. The van der Waals surface area contributed by atoms with Crippen molar-refractivity contribution in [1.82, 2.24) is 9.97 Å². The number of Topliss-reactive ketones (excluding diaryl/α,β-unsaturated/α-hetero) is 1. The van der Waals surface area contributed by atoms with E-state index in [2.05, 4.69) is 9.97 Å². The Labute approximate surface area is 306 Å². The largest absolute Gasteiger partial charge is 0.456 e. The van der Waals surface area contributed by atoms with E-state index in [1.165, 1.54) is 30.6 Å². The van der Waals surface area contributed by atoms with Gasteiger partial charge in [0.15, 0.2) is 5.78 Å². The smallest absolute Gasteiger partial charge is 0.185 e. The lowest BCUT2D eigenvalue weighted by atomic mass is 10.0. The van der Waals surface area contributed by atoms with Crippen LogP contribution in [0.4, 0.5) is 8.78 Å². The highest BCUT2D eigenvalue weighted by Gasteiger charge is 2.15. The van der Waals surface area contributed by atoms with E-state index in [-0.39, 0.29) is 34.9 Å². The molecule has 4 aromatic carbocycles. The average molecular weight is 754 g/mol. The van der Waals surface area contributed by atoms with E-state index >= 15 is 0 Å². The van der Waals surface area contributed by atoms with Gasteiger partial charge in [0.05, 0.1) is 18.1 Å². The first-order valence-corrected chi connectivity index (χ1v) is 16.4. The molecule has 0 saturated carbocycles. The topological polar surface area (TPSA) is 81.5 Å². The minimum Gasteiger partial charge on any atom is -0.456 e. The molecule has 2 aromatic heterocycles. The van der Waals surface area contributed by atoms with Crippen molar-refractivity contribution in [2.75, 3.05) is 0 Å². The lowest BCUT2D eigenvalue weighted by Gasteiger charge is -2.12. The van der Waals surface area contributed by atoms with Crippen LogP contribution in [0, 0.1) is 11.6 Å². The molecule has 2 heterocycles. The second kappa shape index (κ2) is 17.4. The second-order valence-electron chi connectivity index (χ2n) is 10.7. The van der Waals surface area contributed by atoms with Crippen molar-refractivity contribution in [2.24, 2.45) is 0 Å². The summed E-state index contributed by atoms with van der Waals surface area (Å²) in [7, 11) is 0. The number of nitrogens with zero attached hydrogens (tertiary/aromatic N) is 2. The fourth-order valence-corrected chi connectivity index (χ4v) is 5.03. The summed E-state index contributed by atoms with van der Waals surface area (Å²) >= 11 is 23.1. The van der Waals surface area contributed by atoms with Crippen LogP contribution in [-0.4, -0.2) is 20.9 Å². The van der Waals surface area contributed by atoms with Crippen LogP contribution < -0.4 is 9.47 Å². The van der Waals surface area contributed by atoms with Crippen molar-refractivity contribution in [3.63, 3.8) is 0 Å². The SMILES string of the molecule is O=C(Cc1ccc(Cl)cc1F)c1ccc(Oc2ccc(Cl)cc2)cn1.OC(Cc1ccc(Cl)cc1F)c1ccc(Oc2ccc(Cl)cc2)cn1. The van der Waals surface area contributed by atoms with Gasteiger partial charge < -0.3 is 14.6 Å². The van der Waals surface area contributed by atoms with Gasteiger partial charge in [-0.3, -0.25) is 9.78 Å². The zero-order chi connectivity index (χ0) is 35.6. The molecule has 0 radical (unpaired) electrons. The maximum absolute atomic E-state index is 13.8.